The lowest BCUT2D eigenvalue weighted by molar-refractivity contribution is -0.140. The van der Waals surface area contributed by atoms with Gasteiger partial charge in [-0.05, 0) is 50.3 Å². The molecule has 3 heterocycles. The number of rotatable bonds is 11. The molecule has 32 heavy (non-hydrogen) atoms. The number of nitrogens with zero attached hydrogens (tertiary/aromatic N) is 1. The minimum absolute atomic E-state index is 0.102. The van der Waals surface area contributed by atoms with Crippen molar-refractivity contribution in [2.75, 3.05) is 5.73 Å². The van der Waals surface area contributed by atoms with E-state index in [1.165, 1.54) is 22.7 Å². The minimum atomic E-state index is -1.27. The number of aliphatic carboxylic acids is 2. The van der Waals surface area contributed by atoms with Crippen LogP contribution in [0.3, 0.4) is 0 Å². The molecule has 1 atom stereocenters. The van der Waals surface area contributed by atoms with Gasteiger partial charge in [0.15, 0.2) is 0 Å². The van der Waals surface area contributed by atoms with Crippen LogP contribution in [0.2, 0.25) is 0 Å². The van der Waals surface area contributed by atoms with Crippen LogP contribution in [-0.2, 0) is 22.4 Å². The van der Waals surface area contributed by atoms with Gasteiger partial charge in [-0.1, -0.05) is 0 Å². The number of hydrogen-bond donors (Lipinski definition) is 5. The topological polar surface area (TPSA) is 175 Å². The number of aromatic nitrogens is 2. The number of nitrogen functional groups attached to an aromatic ring is 1. The number of carbonyl (C=O) groups excluding carboxylic acids is 1. The van der Waals surface area contributed by atoms with Crippen molar-refractivity contribution in [1.29, 1.82) is 0 Å². The molecule has 0 radical (unpaired) electrons. The molecule has 0 aliphatic rings. The molecule has 12 heteroatoms. The third kappa shape index (κ3) is 6.14. The molecule has 0 aromatic carbocycles. The molecule has 0 spiro atoms. The van der Waals surface area contributed by atoms with E-state index in [1.807, 2.05) is 12.1 Å². The standard InChI is InChI=1S/C20H22N4O6S2/c21-20-23-16(27)12-9-11(32-18(12)24-20)4-2-1-3-10-5-7-14(31-10)17(28)22-13(19(29)30)6-8-15(25)26/h5,7,9,13H,1-4,6,8H2,(H,22,28)(H,25,26)(H,29,30)(H3,21,23,24,27)/t13-/m0/s1. The van der Waals surface area contributed by atoms with E-state index in [-0.39, 0.29) is 24.3 Å². The predicted octanol–water partition coefficient (Wildman–Crippen LogP) is 2.24. The molecule has 1 amide bonds. The van der Waals surface area contributed by atoms with Crippen LogP contribution >= 0.6 is 22.7 Å². The summed E-state index contributed by atoms with van der Waals surface area (Å²) in [6.45, 7) is 0. The first-order valence-electron chi connectivity index (χ1n) is 9.85. The Hall–Kier alpha value is -3.25. The van der Waals surface area contributed by atoms with Gasteiger partial charge < -0.3 is 21.3 Å². The number of nitrogens with one attached hydrogen (secondary N) is 2. The Kier molecular flexibility index (Phi) is 7.59. The zero-order valence-electron chi connectivity index (χ0n) is 16.9. The number of H-pyrrole nitrogens is 1. The summed E-state index contributed by atoms with van der Waals surface area (Å²) in [5, 5.41) is 20.8. The summed E-state index contributed by atoms with van der Waals surface area (Å²) in [7, 11) is 0. The number of hydrogen-bond acceptors (Lipinski definition) is 8. The van der Waals surface area contributed by atoms with Crippen LogP contribution in [0.15, 0.2) is 23.0 Å². The molecule has 3 aromatic heterocycles. The highest BCUT2D eigenvalue weighted by atomic mass is 32.1. The number of aromatic amines is 1. The number of unbranched alkanes of at least 4 members (excludes halogenated alkanes) is 1. The van der Waals surface area contributed by atoms with Crippen molar-refractivity contribution >= 4 is 56.7 Å². The number of thiophene rings is 2. The Balaban J connectivity index is 1.49. The van der Waals surface area contributed by atoms with Gasteiger partial charge in [0.2, 0.25) is 5.95 Å². The molecule has 170 valence electrons. The van der Waals surface area contributed by atoms with Gasteiger partial charge in [0, 0.05) is 16.2 Å². The van der Waals surface area contributed by atoms with Gasteiger partial charge in [0.05, 0.1) is 10.3 Å². The largest absolute Gasteiger partial charge is 0.481 e. The zero-order valence-corrected chi connectivity index (χ0v) is 18.6. The number of carboxylic acid groups (broad SMARTS) is 2. The third-order valence-electron chi connectivity index (χ3n) is 4.70. The Labute approximate surface area is 190 Å². The molecule has 3 aromatic rings. The van der Waals surface area contributed by atoms with E-state index in [2.05, 4.69) is 15.3 Å². The lowest BCUT2D eigenvalue weighted by Gasteiger charge is -2.12. The summed E-state index contributed by atoms with van der Waals surface area (Å²) < 4.78 is 0. The number of amides is 1. The van der Waals surface area contributed by atoms with E-state index in [0.717, 1.165) is 35.4 Å². The highest BCUT2D eigenvalue weighted by molar-refractivity contribution is 7.18. The smallest absolute Gasteiger partial charge is 0.326 e. The van der Waals surface area contributed by atoms with E-state index in [4.69, 9.17) is 15.9 Å². The Morgan fingerprint density at radius 1 is 1.12 bits per heavy atom. The Bertz CT molecular complexity index is 1200. The molecule has 0 unspecified atom stereocenters. The van der Waals surface area contributed by atoms with Crippen molar-refractivity contribution in [2.24, 2.45) is 0 Å². The Morgan fingerprint density at radius 3 is 2.53 bits per heavy atom. The second kappa shape index (κ2) is 10.4. The average molecular weight is 479 g/mol. The maximum Gasteiger partial charge on any atom is 0.326 e. The van der Waals surface area contributed by atoms with Crippen LogP contribution < -0.4 is 16.6 Å². The zero-order chi connectivity index (χ0) is 23.3. The van der Waals surface area contributed by atoms with Crippen molar-refractivity contribution in [3.63, 3.8) is 0 Å². The van der Waals surface area contributed by atoms with E-state index in [1.54, 1.807) is 6.07 Å². The maximum atomic E-state index is 12.3. The van der Waals surface area contributed by atoms with E-state index in [0.29, 0.717) is 15.1 Å². The molecule has 10 nitrogen and oxygen atoms in total. The highest BCUT2D eigenvalue weighted by Crippen LogP contribution is 2.24. The SMILES string of the molecule is Nc1nc2sc(CCCCc3ccc(C(=O)N[C@@H](CCC(=O)O)C(=O)O)s3)cc2c(=O)[nH]1. The van der Waals surface area contributed by atoms with Gasteiger partial charge in [0.25, 0.3) is 11.5 Å². The molecule has 0 saturated heterocycles. The lowest BCUT2D eigenvalue weighted by Crippen LogP contribution is -2.40. The van der Waals surface area contributed by atoms with Crippen LogP contribution in [0.5, 0.6) is 0 Å². The van der Waals surface area contributed by atoms with Gasteiger partial charge in [-0.2, -0.15) is 0 Å². The van der Waals surface area contributed by atoms with Gasteiger partial charge in [-0.25, -0.2) is 9.78 Å². The van der Waals surface area contributed by atoms with Crippen molar-refractivity contribution in [3.05, 3.63) is 43.2 Å². The number of carboxylic acids is 2. The third-order valence-corrected chi connectivity index (χ3v) is 6.94. The van der Waals surface area contributed by atoms with Gasteiger partial charge in [-0.15, -0.1) is 22.7 Å². The van der Waals surface area contributed by atoms with E-state index < -0.39 is 23.9 Å². The van der Waals surface area contributed by atoms with E-state index >= 15 is 0 Å². The number of fused-ring (bicyclic) bond motifs is 1. The summed E-state index contributed by atoms with van der Waals surface area (Å²) in [5.41, 5.74) is 5.33. The normalized spacial score (nSPS) is 12.0. The summed E-state index contributed by atoms with van der Waals surface area (Å²) in [5.74, 6) is -2.81. The fourth-order valence-corrected chi connectivity index (χ4v) is 5.14. The highest BCUT2D eigenvalue weighted by Gasteiger charge is 2.22. The summed E-state index contributed by atoms with van der Waals surface area (Å²) in [6.07, 6.45) is 2.79. The lowest BCUT2D eigenvalue weighted by atomic mass is 10.1. The van der Waals surface area contributed by atoms with Gasteiger partial charge in [0.1, 0.15) is 10.9 Å². The minimum Gasteiger partial charge on any atom is -0.481 e. The summed E-state index contributed by atoms with van der Waals surface area (Å²) in [6, 6.07) is 4.06. The first-order valence-corrected chi connectivity index (χ1v) is 11.5. The maximum absolute atomic E-state index is 12.3. The molecule has 6 N–H and O–H groups in total. The number of anilines is 1. The van der Waals surface area contributed by atoms with Gasteiger partial charge in [-0.3, -0.25) is 19.4 Å². The van der Waals surface area contributed by atoms with Crippen molar-refractivity contribution in [3.8, 4) is 0 Å². The first kappa shape index (κ1) is 23.4. The Morgan fingerprint density at radius 2 is 1.84 bits per heavy atom. The van der Waals surface area contributed by atoms with Crippen LogP contribution in [0.25, 0.3) is 10.2 Å². The number of aryl methyl sites for hydroxylation is 2. The fraction of sp³-hybridized carbons (Fsp3) is 0.350. The number of nitrogens with two attached hydrogens (primary N) is 1. The first-order chi connectivity index (χ1) is 15.2. The fourth-order valence-electron chi connectivity index (χ4n) is 3.11. The molecule has 0 aliphatic carbocycles. The summed E-state index contributed by atoms with van der Waals surface area (Å²) in [4.78, 5) is 55.8. The van der Waals surface area contributed by atoms with Crippen molar-refractivity contribution < 1.29 is 24.6 Å². The summed E-state index contributed by atoms with van der Waals surface area (Å²) >= 11 is 2.73. The molecule has 3 rings (SSSR count). The molecule has 0 aliphatic heterocycles. The average Bonchev–Trinajstić information content (AvgIpc) is 3.35. The molecule has 0 saturated carbocycles. The second-order valence-corrected chi connectivity index (χ2v) is 9.44. The second-order valence-electron chi connectivity index (χ2n) is 7.15. The van der Waals surface area contributed by atoms with E-state index in [9.17, 15) is 19.2 Å². The van der Waals surface area contributed by atoms with Crippen molar-refractivity contribution in [2.45, 2.75) is 44.6 Å². The van der Waals surface area contributed by atoms with Crippen LogP contribution in [0.1, 0.15) is 45.1 Å². The molecular formula is C20H22N4O6S2. The van der Waals surface area contributed by atoms with Crippen LogP contribution in [0, 0.1) is 0 Å². The number of carbonyl (C=O) groups is 3. The molecular weight excluding hydrogens is 456 g/mol. The van der Waals surface area contributed by atoms with Crippen molar-refractivity contribution in [1.82, 2.24) is 15.3 Å². The van der Waals surface area contributed by atoms with Crippen LogP contribution in [0.4, 0.5) is 5.95 Å². The van der Waals surface area contributed by atoms with Crippen LogP contribution in [-0.4, -0.2) is 44.1 Å². The monoisotopic (exact) mass is 478 g/mol. The predicted molar refractivity (Wildman–Crippen MR) is 121 cm³/mol. The quantitative estimate of drug-likeness (QED) is 0.261. The molecule has 0 bridgehead atoms. The molecule has 0 fully saturated rings. The van der Waals surface area contributed by atoms with Gasteiger partial charge >= 0.3 is 11.9 Å².